The molecule has 0 aliphatic carbocycles. The summed E-state index contributed by atoms with van der Waals surface area (Å²) in [4.78, 5) is 19.9. The summed E-state index contributed by atoms with van der Waals surface area (Å²) >= 11 is 0. The largest absolute Gasteiger partial charge is 0.416 e. The Morgan fingerprint density at radius 1 is 1.08 bits per heavy atom. The van der Waals surface area contributed by atoms with Gasteiger partial charge in [-0.15, -0.1) is 0 Å². The summed E-state index contributed by atoms with van der Waals surface area (Å²) in [7, 11) is 0. The zero-order valence-corrected chi connectivity index (χ0v) is 12.1. The van der Waals surface area contributed by atoms with Crippen LogP contribution in [0.25, 0.3) is 11.0 Å². The topological polar surface area (TPSA) is 80.9 Å². The van der Waals surface area contributed by atoms with E-state index in [0.717, 1.165) is 12.1 Å². The van der Waals surface area contributed by atoms with Crippen LogP contribution in [0.15, 0.2) is 48.7 Å². The summed E-state index contributed by atoms with van der Waals surface area (Å²) in [5.41, 5.74) is 5.65. The third kappa shape index (κ3) is 3.12. The van der Waals surface area contributed by atoms with Gasteiger partial charge in [-0.2, -0.15) is 13.2 Å². The van der Waals surface area contributed by atoms with Crippen LogP contribution < -0.4 is 11.1 Å². The Hall–Kier alpha value is -3.16. The maximum Gasteiger partial charge on any atom is 0.416 e. The predicted octanol–water partition coefficient (Wildman–Crippen LogP) is 3.49. The number of anilines is 2. The molecule has 3 rings (SSSR count). The average Bonchev–Trinajstić information content (AvgIpc) is 2.53. The van der Waals surface area contributed by atoms with Crippen LogP contribution in [0.5, 0.6) is 0 Å². The number of pyridine rings is 2. The van der Waals surface area contributed by atoms with Crippen molar-refractivity contribution < 1.29 is 18.0 Å². The molecule has 0 spiro atoms. The number of alkyl halides is 3. The lowest BCUT2D eigenvalue weighted by Crippen LogP contribution is -2.15. The lowest BCUT2D eigenvalue weighted by atomic mass is 10.1. The van der Waals surface area contributed by atoms with E-state index in [9.17, 15) is 18.0 Å². The van der Waals surface area contributed by atoms with Crippen molar-refractivity contribution in [1.82, 2.24) is 9.97 Å². The molecule has 0 saturated heterocycles. The van der Waals surface area contributed by atoms with E-state index >= 15 is 0 Å². The molecule has 3 aromatic rings. The van der Waals surface area contributed by atoms with Gasteiger partial charge in [0.2, 0.25) is 0 Å². The summed E-state index contributed by atoms with van der Waals surface area (Å²) in [5.74, 6) is -0.688. The van der Waals surface area contributed by atoms with Gasteiger partial charge < -0.3 is 11.1 Å². The maximum atomic E-state index is 12.8. The fourth-order valence-corrected chi connectivity index (χ4v) is 2.19. The van der Waals surface area contributed by atoms with Gasteiger partial charge in [-0.1, -0.05) is 6.07 Å². The Morgan fingerprint density at radius 3 is 2.58 bits per heavy atom. The molecule has 5 nitrogen and oxygen atoms in total. The van der Waals surface area contributed by atoms with Crippen LogP contribution >= 0.6 is 0 Å². The normalized spacial score (nSPS) is 11.5. The Labute approximate surface area is 134 Å². The lowest BCUT2D eigenvalue weighted by Gasteiger charge is -2.12. The van der Waals surface area contributed by atoms with E-state index in [0.29, 0.717) is 11.0 Å². The number of primary amides is 1. The fourth-order valence-electron chi connectivity index (χ4n) is 2.19. The quantitative estimate of drug-likeness (QED) is 0.769. The van der Waals surface area contributed by atoms with E-state index in [2.05, 4.69) is 15.3 Å². The number of amides is 1. The molecule has 0 saturated carbocycles. The molecule has 0 bridgehead atoms. The minimum atomic E-state index is -4.47. The van der Waals surface area contributed by atoms with Gasteiger partial charge in [0.25, 0.3) is 5.91 Å². The molecule has 1 aromatic carbocycles. The van der Waals surface area contributed by atoms with Gasteiger partial charge in [-0.25, -0.2) is 4.98 Å². The molecule has 0 fully saturated rings. The molecule has 0 aliphatic rings. The molecule has 3 N–H and O–H groups in total. The van der Waals surface area contributed by atoms with Gasteiger partial charge in [0.1, 0.15) is 5.82 Å². The van der Waals surface area contributed by atoms with Crippen LogP contribution in [-0.2, 0) is 6.18 Å². The number of hydrogen-bond donors (Lipinski definition) is 2. The number of fused-ring (bicyclic) bond motifs is 1. The van der Waals surface area contributed by atoms with Gasteiger partial charge >= 0.3 is 6.18 Å². The molecule has 0 atom stereocenters. The summed E-state index contributed by atoms with van der Waals surface area (Å²) in [6, 6.07) is 9.36. The second-order valence-electron chi connectivity index (χ2n) is 4.99. The second-order valence-corrected chi connectivity index (χ2v) is 4.99. The van der Waals surface area contributed by atoms with Gasteiger partial charge in [0.05, 0.1) is 22.2 Å². The van der Waals surface area contributed by atoms with Crippen molar-refractivity contribution in [2.75, 3.05) is 5.32 Å². The Bertz CT molecular complexity index is 925. The predicted molar refractivity (Wildman–Crippen MR) is 82.8 cm³/mol. The minimum Gasteiger partial charge on any atom is -0.365 e. The number of nitrogens with zero attached hydrogens (tertiary/aromatic N) is 2. The number of nitrogens with one attached hydrogen (secondary N) is 1. The van der Waals surface area contributed by atoms with E-state index in [1.54, 1.807) is 12.1 Å². The minimum absolute atomic E-state index is 0.0404. The molecular weight excluding hydrogens is 321 g/mol. The number of hydrogen-bond acceptors (Lipinski definition) is 4. The first kappa shape index (κ1) is 15.7. The first-order valence-electron chi connectivity index (χ1n) is 6.84. The number of nitrogens with two attached hydrogens (primary N) is 1. The number of carbonyl (C=O) groups excluding carboxylic acids is 1. The first-order chi connectivity index (χ1) is 11.3. The smallest absolute Gasteiger partial charge is 0.365 e. The summed E-state index contributed by atoms with van der Waals surface area (Å²) in [6.07, 6.45) is -2.93. The highest BCUT2D eigenvalue weighted by Crippen LogP contribution is 2.31. The third-order valence-corrected chi connectivity index (χ3v) is 3.30. The first-order valence-corrected chi connectivity index (χ1v) is 6.84. The summed E-state index contributed by atoms with van der Waals surface area (Å²) in [5, 5.41) is 2.72. The van der Waals surface area contributed by atoms with Gasteiger partial charge in [-0.3, -0.25) is 9.78 Å². The van der Waals surface area contributed by atoms with Crippen LogP contribution in [0.1, 0.15) is 15.9 Å². The molecule has 2 aromatic heterocycles. The molecule has 24 heavy (non-hydrogen) atoms. The Morgan fingerprint density at radius 2 is 1.88 bits per heavy atom. The van der Waals surface area contributed by atoms with Crippen molar-refractivity contribution in [3.63, 3.8) is 0 Å². The second kappa shape index (κ2) is 5.80. The number of halogens is 3. The molecule has 0 aliphatic heterocycles. The molecule has 0 unspecified atom stereocenters. The van der Waals surface area contributed by atoms with Crippen molar-refractivity contribution in [3.8, 4) is 0 Å². The lowest BCUT2D eigenvalue weighted by molar-refractivity contribution is -0.137. The zero-order chi connectivity index (χ0) is 17.3. The molecule has 0 radical (unpaired) electrons. The van der Waals surface area contributed by atoms with E-state index in [1.807, 2.05) is 0 Å². The van der Waals surface area contributed by atoms with Crippen molar-refractivity contribution in [3.05, 3.63) is 59.8 Å². The van der Waals surface area contributed by atoms with Crippen molar-refractivity contribution in [1.29, 1.82) is 0 Å². The van der Waals surface area contributed by atoms with Crippen molar-refractivity contribution >= 4 is 28.4 Å². The monoisotopic (exact) mass is 332 g/mol. The number of rotatable bonds is 3. The van der Waals surface area contributed by atoms with E-state index < -0.39 is 17.6 Å². The fraction of sp³-hybridized carbons (Fsp3) is 0.0625. The average molecular weight is 332 g/mol. The summed E-state index contributed by atoms with van der Waals surface area (Å²) < 4.78 is 38.4. The van der Waals surface area contributed by atoms with E-state index in [-0.39, 0.29) is 17.1 Å². The molecular formula is C16H11F3N4O. The highest BCUT2D eigenvalue weighted by Gasteiger charge is 2.30. The molecule has 1 amide bonds. The number of benzene rings is 1. The van der Waals surface area contributed by atoms with Crippen molar-refractivity contribution in [2.45, 2.75) is 6.18 Å². The van der Waals surface area contributed by atoms with Crippen LogP contribution in [-0.4, -0.2) is 15.9 Å². The van der Waals surface area contributed by atoms with Crippen molar-refractivity contribution in [2.24, 2.45) is 5.73 Å². The van der Waals surface area contributed by atoms with Gasteiger partial charge in [-0.05, 0) is 36.4 Å². The van der Waals surface area contributed by atoms with Crippen LogP contribution in [0, 0.1) is 0 Å². The summed E-state index contributed by atoms with van der Waals surface area (Å²) in [6.45, 7) is 0. The Kier molecular flexibility index (Phi) is 3.80. The van der Waals surface area contributed by atoms with Crippen LogP contribution in [0.2, 0.25) is 0 Å². The number of carbonyl (C=O) groups is 1. The van der Waals surface area contributed by atoms with Crippen LogP contribution in [0.4, 0.5) is 24.7 Å². The highest BCUT2D eigenvalue weighted by atomic mass is 19.4. The van der Waals surface area contributed by atoms with Gasteiger partial charge in [0.15, 0.2) is 0 Å². The maximum absolute atomic E-state index is 12.8. The SMILES string of the molecule is NC(=O)c1cc2ncccc2nc1Nc1cccc(C(F)(F)F)c1. The third-order valence-electron chi connectivity index (χ3n) is 3.30. The molecule has 2 heterocycles. The zero-order valence-electron chi connectivity index (χ0n) is 12.1. The van der Waals surface area contributed by atoms with Gasteiger partial charge in [0, 0.05) is 11.9 Å². The van der Waals surface area contributed by atoms with E-state index in [1.165, 1.54) is 24.4 Å². The van der Waals surface area contributed by atoms with E-state index in [4.69, 9.17) is 5.73 Å². The number of aromatic nitrogens is 2. The van der Waals surface area contributed by atoms with Crippen LogP contribution in [0.3, 0.4) is 0 Å². The molecule has 8 heteroatoms. The Balaban J connectivity index is 2.06. The standard InChI is InChI=1S/C16H11F3N4O/c17-16(18,19)9-3-1-4-10(7-9)22-15-11(14(20)24)8-13-12(23-15)5-2-6-21-13/h1-8H,(H2,20,24)(H,22,23). The highest BCUT2D eigenvalue weighted by molar-refractivity contribution is 6.01. The molecule has 122 valence electrons.